The lowest BCUT2D eigenvalue weighted by molar-refractivity contribution is 0.0696. The first-order valence-corrected chi connectivity index (χ1v) is 8.82. The van der Waals surface area contributed by atoms with Crippen molar-refractivity contribution in [2.75, 3.05) is 5.32 Å². The zero-order chi connectivity index (χ0) is 16.4. The highest BCUT2D eigenvalue weighted by Gasteiger charge is 2.15. The van der Waals surface area contributed by atoms with Crippen LogP contribution < -0.4 is 5.32 Å². The summed E-state index contributed by atoms with van der Waals surface area (Å²) in [6.07, 6.45) is 0. The number of carboxylic acid groups (broad SMARTS) is 1. The molecule has 0 heterocycles. The van der Waals surface area contributed by atoms with E-state index in [4.69, 9.17) is 16.7 Å². The molecule has 8 heteroatoms. The Hall–Kier alpha value is -0.640. The minimum absolute atomic E-state index is 0.0652. The molecule has 0 aromatic heterocycles. The van der Waals surface area contributed by atoms with E-state index < -0.39 is 5.97 Å². The summed E-state index contributed by atoms with van der Waals surface area (Å²) < 4.78 is 2.30. The molecule has 0 spiro atoms. The van der Waals surface area contributed by atoms with Crippen LogP contribution in [0.4, 0.5) is 5.69 Å². The van der Waals surface area contributed by atoms with E-state index in [1.165, 1.54) is 12.1 Å². The zero-order valence-corrected chi connectivity index (χ0v) is 16.7. The molecular weight excluding hydrogens is 552 g/mol. The number of nitrogens with one attached hydrogen (secondary N) is 1. The Kier molecular flexibility index (Phi) is 5.87. The molecule has 0 unspecified atom stereocenters. The highest BCUT2D eigenvalue weighted by Crippen LogP contribution is 2.28. The quantitative estimate of drug-likeness (QED) is 0.390. The standard InChI is InChI=1S/C14H7Br2ClINO3/c15-6-3-9(12(18)10(16)4-6)13(20)19-7-1-2-11(17)8(5-7)14(21)22/h1-5H,(H,19,20)(H,21,22). The summed E-state index contributed by atoms with van der Waals surface area (Å²) >= 11 is 14.6. The Balaban J connectivity index is 2.34. The summed E-state index contributed by atoms with van der Waals surface area (Å²) in [7, 11) is 0. The first-order valence-electron chi connectivity index (χ1n) is 5.78. The summed E-state index contributed by atoms with van der Waals surface area (Å²) in [6, 6.07) is 7.83. The molecule has 0 fully saturated rings. The van der Waals surface area contributed by atoms with Crippen molar-refractivity contribution >= 4 is 83.6 Å². The van der Waals surface area contributed by atoms with Gasteiger partial charge in [0.2, 0.25) is 0 Å². The maximum atomic E-state index is 12.4. The van der Waals surface area contributed by atoms with Gasteiger partial charge in [-0.15, -0.1) is 0 Å². The van der Waals surface area contributed by atoms with Gasteiger partial charge in [-0.1, -0.05) is 27.5 Å². The molecule has 1 amide bonds. The van der Waals surface area contributed by atoms with Crippen molar-refractivity contribution in [3.63, 3.8) is 0 Å². The Bertz CT molecular complexity index is 783. The second-order valence-corrected chi connectivity index (χ2v) is 7.46. The number of hydrogen-bond acceptors (Lipinski definition) is 2. The van der Waals surface area contributed by atoms with Gasteiger partial charge in [-0.25, -0.2) is 4.79 Å². The largest absolute Gasteiger partial charge is 0.478 e. The summed E-state index contributed by atoms with van der Waals surface area (Å²) in [4.78, 5) is 23.4. The summed E-state index contributed by atoms with van der Waals surface area (Å²) in [5.74, 6) is -1.49. The summed E-state index contributed by atoms with van der Waals surface area (Å²) in [5.41, 5.74) is 0.761. The number of anilines is 1. The van der Waals surface area contributed by atoms with E-state index in [0.717, 1.165) is 12.5 Å². The zero-order valence-electron chi connectivity index (χ0n) is 10.7. The summed E-state index contributed by atoms with van der Waals surface area (Å²) in [5, 5.41) is 11.8. The molecule has 2 aromatic rings. The number of halogens is 4. The van der Waals surface area contributed by atoms with Crippen molar-refractivity contribution in [2.45, 2.75) is 0 Å². The number of amides is 1. The predicted octanol–water partition coefficient (Wildman–Crippen LogP) is 5.42. The van der Waals surface area contributed by atoms with Crippen molar-refractivity contribution in [2.24, 2.45) is 0 Å². The molecule has 114 valence electrons. The van der Waals surface area contributed by atoms with Gasteiger partial charge >= 0.3 is 5.97 Å². The van der Waals surface area contributed by atoms with Gasteiger partial charge in [0, 0.05) is 18.2 Å². The molecule has 0 aliphatic carbocycles. The SMILES string of the molecule is O=C(O)c1cc(NC(=O)c2cc(Br)cc(Br)c2I)ccc1Cl. The van der Waals surface area contributed by atoms with Gasteiger partial charge in [-0.3, -0.25) is 4.79 Å². The third kappa shape index (κ3) is 4.01. The number of aromatic carboxylic acids is 1. The molecule has 4 nitrogen and oxygen atoms in total. The van der Waals surface area contributed by atoms with E-state index in [2.05, 4.69) is 59.8 Å². The van der Waals surface area contributed by atoms with E-state index in [1.54, 1.807) is 12.1 Å². The molecule has 2 aromatic carbocycles. The lowest BCUT2D eigenvalue weighted by Gasteiger charge is -2.10. The van der Waals surface area contributed by atoms with Crippen LogP contribution in [0.5, 0.6) is 0 Å². The van der Waals surface area contributed by atoms with Crippen LogP contribution in [0.25, 0.3) is 0 Å². The second kappa shape index (κ2) is 7.29. The lowest BCUT2D eigenvalue weighted by atomic mass is 10.1. The van der Waals surface area contributed by atoms with Crippen molar-refractivity contribution in [3.05, 3.63) is 59.0 Å². The second-order valence-electron chi connectivity index (χ2n) is 4.20. The van der Waals surface area contributed by atoms with E-state index in [0.29, 0.717) is 11.3 Å². The van der Waals surface area contributed by atoms with Gasteiger partial charge in [-0.2, -0.15) is 0 Å². The smallest absolute Gasteiger partial charge is 0.337 e. The topological polar surface area (TPSA) is 66.4 Å². The molecule has 0 radical (unpaired) electrons. The monoisotopic (exact) mass is 557 g/mol. The predicted molar refractivity (Wildman–Crippen MR) is 101 cm³/mol. The number of carbonyl (C=O) groups excluding carboxylic acids is 1. The molecule has 0 saturated heterocycles. The van der Waals surface area contributed by atoms with Crippen LogP contribution in [-0.2, 0) is 0 Å². The first-order chi connectivity index (χ1) is 10.3. The van der Waals surface area contributed by atoms with Crippen LogP contribution in [0.15, 0.2) is 39.3 Å². The van der Waals surface area contributed by atoms with Crippen LogP contribution in [0.3, 0.4) is 0 Å². The molecule has 0 saturated carbocycles. The molecule has 0 aliphatic heterocycles. The maximum Gasteiger partial charge on any atom is 0.337 e. The Labute approximate surface area is 161 Å². The first kappa shape index (κ1) is 17.7. The molecule has 22 heavy (non-hydrogen) atoms. The average Bonchev–Trinajstić information content (AvgIpc) is 2.44. The molecule has 2 N–H and O–H groups in total. The fraction of sp³-hybridized carbons (Fsp3) is 0. The normalized spacial score (nSPS) is 10.4. The molecule has 2 rings (SSSR count). The molecule has 0 atom stereocenters. The van der Waals surface area contributed by atoms with Gasteiger partial charge in [0.15, 0.2) is 0 Å². The van der Waals surface area contributed by atoms with E-state index in [1.807, 2.05) is 6.07 Å². The lowest BCUT2D eigenvalue weighted by Crippen LogP contribution is -2.14. The van der Waals surface area contributed by atoms with Gasteiger partial charge in [-0.05, 0) is 68.9 Å². The Morgan fingerprint density at radius 3 is 2.45 bits per heavy atom. The van der Waals surface area contributed by atoms with Gasteiger partial charge in [0.1, 0.15) is 0 Å². The van der Waals surface area contributed by atoms with Gasteiger partial charge < -0.3 is 10.4 Å². The molecule has 0 aliphatic rings. The minimum Gasteiger partial charge on any atom is -0.478 e. The van der Waals surface area contributed by atoms with Crippen LogP contribution in [0.1, 0.15) is 20.7 Å². The highest BCUT2D eigenvalue weighted by molar-refractivity contribution is 14.1. The Morgan fingerprint density at radius 2 is 1.82 bits per heavy atom. The average molecular weight is 559 g/mol. The van der Waals surface area contributed by atoms with E-state index in [9.17, 15) is 9.59 Å². The van der Waals surface area contributed by atoms with Crippen molar-refractivity contribution in [3.8, 4) is 0 Å². The van der Waals surface area contributed by atoms with Crippen LogP contribution in [0, 0.1) is 3.57 Å². The van der Waals surface area contributed by atoms with E-state index >= 15 is 0 Å². The van der Waals surface area contributed by atoms with Crippen LogP contribution in [0.2, 0.25) is 5.02 Å². The third-order valence-corrected chi connectivity index (χ3v) is 6.01. The number of carbonyl (C=O) groups is 2. The van der Waals surface area contributed by atoms with E-state index in [-0.39, 0.29) is 16.5 Å². The van der Waals surface area contributed by atoms with Crippen LogP contribution >= 0.6 is 66.1 Å². The fourth-order valence-electron chi connectivity index (χ4n) is 1.69. The van der Waals surface area contributed by atoms with Gasteiger partial charge in [0.25, 0.3) is 5.91 Å². The fourth-order valence-corrected chi connectivity index (χ4v) is 3.67. The third-order valence-electron chi connectivity index (χ3n) is 2.69. The number of carboxylic acids is 1. The maximum absolute atomic E-state index is 12.4. The Morgan fingerprint density at radius 1 is 1.14 bits per heavy atom. The van der Waals surface area contributed by atoms with Crippen molar-refractivity contribution < 1.29 is 14.7 Å². The molecule has 0 bridgehead atoms. The summed E-state index contributed by atoms with van der Waals surface area (Å²) in [6.45, 7) is 0. The minimum atomic E-state index is -1.15. The van der Waals surface area contributed by atoms with Crippen LogP contribution in [-0.4, -0.2) is 17.0 Å². The molecular formula is C14H7Br2ClINO3. The number of hydrogen-bond donors (Lipinski definition) is 2. The van der Waals surface area contributed by atoms with Crippen molar-refractivity contribution in [1.29, 1.82) is 0 Å². The number of benzene rings is 2. The van der Waals surface area contributed by atoms with Crippen molar-refractivity contribution in [1.82, 2.24) is 0 Å². The number of rotatable bonds is 3. The van der Waals surface area contributed by atoms with Gasteiger partial charge in [0.05, 0.1) is 16.1 Å². The highest BCUT2D eigenvalue weighted by atomic mass is 127.